The number of rotatable bonds is 7. The van der Waals surface area contributed by atoms with Crippen molar-refractivity contribution in [2.75, 3.05) is 0 Å². The Morgan fingerprint density at radius 3 is 1.17 bits per heavy atom. The summed E-state index contributed by atoms with van der Waals surface area (Å²) in [4.78, 5) is 14.0. The molecular weight excluding hydrogens is 595 g/mol. The topological polar surface area (TPSA) is 55.7 Å². The monoisotopic (exact) mass is 621 g/mol. The van der Waals surface area contributed by atoms with Gasteiger partial charge >= 0.3 is 0 Å². The third kappa shape index (κ3) is 5.79. The molecule has 7 rings (SSSR count). The molecule has 0 atom stereocenters. The van der Waals surface area contributed by atoms with Gasteiger partial charge in [0.15, 0.2) is 24.6 Å². The van der Waals surface area contributed by atoms with Crippen LogP contribution in [-0.2, 0) is 4.57 Å². The van der Waals surface area contributed by atoms with Crippen LogP contribution >= 0.6 is 7.14 Å². The van der Waals surface area contributed by atoms with Crippen LogP contribution < -0.4 is 15.9 Å². The Kier molecular flexibility index (Phi) is 7.88. The summed E-state index contributed by atoms with van der Waals surface area (Å²) < 4.78 is 42.2. The molecule has 0 saturated heterocycles. The minimum Gasteiger partial charge on any atom is -0.309 e. The fraction of sp³-hybridized carbons (Fsp3) is 0. The second kappa shape index (κ2) is 12.4. The lowest BCUT2D eigenvalue weighted by atomic mass is 10.0. The van der Waals surface area contributed by atoms with E-state index in [0.717, 1.165) is 32.6 Å². The first-order chi connectivity index (χ1) is 22.5. The van der Waals surface area contributed by atoms with E-state index in [-0.39, 0.29) is 11.6 Å². The normalized spacial score (nSPS) is 11.3. The lowest BCUT2D eigenvalue weighted by Gasteiger charge is -2.20. The van der Waals surface area contributed by atoms with Gasteiger partial charge in [-0.25, -0.2) is 23.7 Å². The van der Waals surface area contributed by atoms with Gasteiger partial charge in [0.2, 0.25) is 0 Å². The van der Waals surface area contributed by atoms with Gasteiger partial charge in [-0.05, 0) is 65.7 Å². The number of benzene rings is 6. The Morgan fingerprint density at radius 2 is 0.739 bits per heavy atom. The van der Waals surface area contributed by atoms with Crippen LogP contribution in [0.3, 0.4) is 0 Å². The minimum absolute atomic E-state index is 0.361. The standard InChI is InChI=1S/C39H26F2N3OP/c40-32-22-18-29(19-23-32)38-42-37(43-39(44-38)30-20-24-33(41)25-21-30)28-16-14-27(15-17-28)31-8-7-13-36(26-31)46(45,34-9-3-1-4-10-34)35-11-5-2-6-12-35/h1-26H. The van der Waals surface area contributed by atoms with Crippen molar-refractivity contribution in [2.24, 2.45) is 0 Å². The molecule has 0 spiro atoms. The van der Waals surface area contributed by atoms with E-state index in [1.165, 1.54) is 24.3 Å². The van der Waals surface area contributed by atoms with E-state index < -0.39 is 7.14 Å². The highest BCUT2D eigenvalue weighted by atomic mass is 31.2. The summed E-state index contributed by atoms with van der Waals surface area (Å²) >= 11 is 0. The molecule has 0 unspecified atom stereocenters. The fourth-order valence-electron chi connectivity index (χ4n) is 5.38. The molecular formula is C39H26F2N3OP. The zero-order chi connectivity index (χ0) is 31.5. The molecule has 7 aromatic rings. The zero-order valence-corrected chi connectivity index (χ0v) is 25.4. The van der Waals surface area contributed by atoms with Gasteiger partial charge in [0.25, 0.3) is 0 Å². The van der Waals surface area contributed by atoms with E-state index in [1.807, 2.05) is 109 Å². The van der Waals surface area contributed by atoms with Crippen molar-refractivity contribution in [3.63, 3.8) is 0 Å². The molecule has 0 aliphatic rings. The predicted molar refractivity (Wildman–Crippen MR) is 181 cm³/mol. The molecule has 7 heteroatoms. The summed E-state index contributed by atoms with van der Waals surface area (Å²) in [6.07, 6.45) is 0. The van der Waals surface area contributed by atoms with Gasteiger partial charge in [-0.3, -0.25) is 0 Å². The highest BCUT2D eigenvalue weighted by molar-refractivity contribution is 7.85. The Balaban J connectivity index is 1.28. The summed E-state index contributed by atoms with van der Waals surface area (Å²) in [6, 6.07) is 46.7. The van der Waals surface area contributed by atoms with Gasteiger partial charge < -0.3 is 4.57 Å². The molecule has 0 aliphatic heterocycles. The molecule has 0 amide bonds. The molecule has 6 aromatic carbocycles. The quantitative estimate of drug-likeness (QED) is 0.168. The molecule has 0 aliphatic carbocycles. The SMILES string of the molecule is O=P(c1ccccc1)(c1ccccc1)c1cccc(-c2ccc(-c3nc(-c4ccc(F)cc4)nc(-c4ccc(F)cc4)n3)cc2)c1. The molecule has 0 N–H and O–H groups in total. The number of hydrogen-bond acceptors (Lipinski definition) is 4. The number of nitrogens with zero attached hydrogens (tertiary/aromatic N) is 3. The van der Waals surface area contributed by atoms with Crippen LogP contribution in [0.4, 0.5) is 8.78 Å². The van der Waals surface area contributed by atoms with E-state index >= 15 is 0 Å². The number of halogens is 2. The minimum atomic E-state index is -3.13. The Labute approximate surface area is 265 Å². The molecule has 1 aromatic heterocycles. The van der Waals surface area contributed by atoms with Gasteiger partial charge in [0.1, 0.15) is 11.6 Å². The molecule has 0 radical (unpaired) electrons. The van der Waals surface area contributed by atoms with Crippen LogP contribution in [0.25, 0.3) is 45.3 Å². The molecule has 1 heterocycles. The van der Waals surface area contributed by atoms with E-state index in [4.69, 9.17) is 9.97 Å². The smallest absolute Gasteiger partial charge is 0.171 e. The maximum absolute atomic E-state index is 14.9. The van der Waals surface area contributed by atoms with Crippen molar-refractivity contribution < 1.29 is 13.3 Å². The summed E-state index contributed by atoms with van der Waals surface area (Å²) in [7, 11) is -3.13. The van der Waals surface area contributed by atoms with Gasteiger partial charge in [0, 0.05) is 32.6 Å². The van der Waals surface area contributed by atoms with E-state index in [1.54, 1.807) is 24.3 Å². The van der Waals surface area contributed by atoms with Crippen molar-refractivity contribution >= 4 is 23.1 Å². The van der Waals surface area contributed by atoms with E-state index in [0.29, 0.717) is 28.6 Å². The Bertz CT molecular complexity index is 2070. The maximum Gasteiger partial charge on any atom is 0.171 e. The number of hydrogen-bond donors (Lipinski definition) is 0. The molecule has 222 valence electrons. The van der Waals surface area contributed by atoms with E-state index in [2.05, 4.69) is 4.98 Å². The first-order valence-electron chi connectivity index (χ1n) is 14.7. The van der Waals surface area contributed by atoms with Crippen LogP contribution in [0.15, 0.2) is 158 Å². The Hall–Kier alpha value is -5.58. The fourth-order valence-corrected chi connectivity index (χ4v) is 8.07. The van der Waals surface area contributed by atoms with Gasteiger partial charge in [-0.15, -0.1) is 0 Å². The third-order valence-corrected chi connectivity index (χ3v) is 10.8. The first-order valence-corrected chi connectivity index (χ1v) is 16.4. The molecule has 0 bridgehead atoms. The van der Waals surface area contributed by atoms with Crippen molar-refractivity contribution in [1.29, 1.82) is 0 Å². The highest BCUT2D eigenvalue weighted by Crippen LogP contribution is 2.43. The van der Waals surface area contributed by atoms with Crippen molar-refractivity contribution in [3.8, 4) is 45.3 Å². The highest BCUT2D eigenvalue weighted by Gasteiger charge is 2.29. The number of aromatic nitrogens is 3. The van der Waals surface area contributed by atoms with Gasteiger partial charge in [-0.1, -0.05) is 103 Å². The molecule has 0 saturated carbocycles. The Morgan fingerprint density at radius 1 is 0.370 bits per heavy atom. The lowest BCUT2D eigenvalue weighted by Crippen LogP contribution is -2.25. The van der Waals surface area contributed by atoms with Crippen molar-refractivity contribution in [3.05, 3.63) is 169 Å². The van der Waals surface area contributed by atoms with Crippen LogP contribution in [0.5, 0.6) is 0 Å². The van der Waals surface area contributed by atoms with Crippen LogP contribution in [0.2, 0.25) is 0 Å². The summed E-state index contributed by atoms with van der Waals surface area (Å²) in [6.45, 7) is 0. The second-order valence-electron chi connectivity index (χ2n) is 10.7. The van der Waals surface area contributed by atoms with Gasteiger partial charge in [-0.2, -0.15) is 0 Å². The van der Waals surface area contributed by atoms with Crippen LogP contribution in [-0.4, -0.2) is 15.0 Å². The summed E-state index contributed by atoms with van der Waals surface area (Å²) in [5.41, 5.74) is 3.86. The average Bonchev–Trinajstić information content (AvgIpc) is 3.12. The molecule has 46 heavy (non-hydrogen) atoms. The second-order valence-corrected chi connectivity index (χ2v) is 13.5. The van der Waals surface area contributed by atoms with Crippen LogP contribution in [0.1, 0.15) is 0 Å². The predicted octanol–water partition coefficient (Wildman–Crippen LogP) is 8.46. The summed E-state index contributed by atoms with van der Waals surface area (Å²) in [5.74, 6) is 0.449. The van der Waals surface area contributed by atoms with Gasteiger partial charge in [0.05, 0.1) is 0 Å². The summed E-state index contributed by atoms with van der Waals surface area (Å²) in [5, 5.41) is 2.30. The third-order valence-electron chi connectivity index (χ3n) is 7.77. The van der Waals surface area contributed by atoms with Crippen LogP contribution in [0, 0.1) is 11.6 Å². The molecule has 4 nitrogen and oxygen atoms in total. The lowest BCUT2D eigenvalue weighted by molar-refractivity contribution is 0.592. The zero-order valence-electron chi connectivity index (χ0n) is 24.5. The largest absolute Gasteiger partial charge is 0.309 e. The molecule has 0 fully saturated rings. The van der Waals surface area contributed by atoms with E-state index in [9.17, 15) is 13.3 Å². The maximum atomic E-state index is 14.9. The first kappa shape index (κ1) is 29.1. The van der Waals surface area contributed by atoms with Crippen molar-refractivity contribution in [2.45, 2.75) is 0 Å². The van der Waals surface area contributed by atoms with Crippen molar-refractivity contribution in [1.82, 2.24) is 15.0 Å². The average molecular weight is 622 g/mol.